The SMILES string of the molecule is COc1ccc(C2C3=C(CC(C)(C)CC3=O)Oc3nc4sc(Cc5ccccc5)nn4c(=O)c32)cc1. The van der Waals surface area contributed by atoms with Gasteiger partial charge in [0.2, 0.25) is 10.8 Å². The van der Waals surface area contributed by atoms with Crippen molar-refractivity contribution in [3.8, 4) is 11.6 Å². The van der Waals surface area contributed by atoms with Gasteiger partial charge in [-0.2, -0.15) is 14.6 Å². The molecular weight excluding hydrogens is 474 g/mol. The lowest BCUT2D eigenvalue weighted by molar-refractivity contribution is -0.118. The summed E-state index contributed by atoms with van der Waals surface area (Å²) in [6, 6.07) is 17.5. The first-order chi connectivity index (χ1) is 17.3. The molecule has 3 heterocycles. The Morgan fingerprint density at radius 1 is 1.08 bits per heavy atom. The van der Waals surface area contributed by atoms with Crippen LogP contribution in [0.2, 0.25) is 0 Å². The summed E-state index contributed by atoms with van der Waals surface area (Å²) in [7, 11) is 1.61. The van der Waals surface area contributed by atoms with Crippen molar-refractivity contribution in [3.63, 3.8) is 0 Å². The van der Waals surface area contributed by atoms with Crippen LogP contribution in [0, 0.1) is 5.41 Å². The van der Waals surface area contributed by atoms with Crippen molar-refractivity contribution in [1.29, 1.82) is 0 Å². The second-order valence-corrected chi connectivity index (χ2v) is 11.1. The molecule has 0 fully saturated rings. The van der Waals surface area contributed by atoms with E-state index in [0.717, 1.165) is 16.1 Å². The van der Waals surface area contributed by atoms with Crippen molar-refractivity contribution >= 4 is 22.1 Å². The van der Waals surface area contributed by atoms with Gasteiger partial charge < -0.3 is 9.47 Å². The molecule has 0 N–H and O–H groups in total. The van der Waals surface area contributed by atoms with Crippen LogP contribution in [0.5, 0.6) is 11.6 Å². The number of carbonyl (C=O) groups excluding carboxylic acids is 1. The van der Waals surface area contributed by atoms with E-state index in [1.165, 1.54) is 15.9 Å². The Bertz CT molecular complexity index is 1580. The Balaban J connectivity index is 1.53. The Morgan fingerprint density at radius 3 is 2.56 bits per heavy atom. The molecule has 8 heteroatoms. The number of nitrogens with zero attached hydrogens (tertiary/aromatic N) is 3. The van der Waals surface area contributed by atoms with Gasteiger partial charge in [-0.25, -0.2) is 0 Å². The molecule has 4 aromatic rings. The van der Waals surface area contributed by atoms with Crippen LogP contribution in [0.4, 0.5) is 0 Å². The minimum absolute atomic E-state index is 0.000240. The third kappa shape index (κ3) is 3.82. The Morgan fingerprint density at radius 2 is 1.83 bits per heavy atom. The summed E-state index contributed by atoms with van der Waals surface area (Å²) in [5.41, 5.74) is 2.28. The minimum Gasteiger partial charge on any atom is -0.497 e. The van der Waals surface area contributed by atoms with E-state index in [4.69, 9.17) is 14.5 Å². The highest BCUT2D eigenvalue weighted by atomic mass is 32.1. The molecule has 1 aliphatic heterocycles. The number of aromatic nitrogens is 3. The van der Waals surface area contributed by atoms with Gasteiger partial charge in [0, 0.05) is 24.8 Å². The number of methoxy groups -OCH3 is 1. The molecule has 0 radical (unpaired) electrons. The topological polar surface area (TPSA) is 82.8 Å². The molecule has 0 spiro atoms. The zero-order valence-electron chi connectivity index (χ0n) is 20.3. The summed E-state index contributed by atoms with van der Waals surface area (Å²) >= 11 is 1.37. The monoisotopic (exact) mass is 499 g/mol. The van der Waals surface area contributed by atoms with Crippen LogP contribution in [0.15, 0.2) is 70.7 Å². The van der Waals surface area contributed by atoms with Crippen LogP contribution in [0.25, 0.3) is 4.96 Å². The highest BCUT2D eigenvalue weighted by Crippen LogP contribution is 2.48. The van der Waals surface area contributed by atoms with E-state index in [-0.39, 0.29) is 22.6 Å². The fraction of sp³-hybridized carbons (Fsp3) is 0.286. The quantitative estimate of drug-likeness (QED) is 0.397. The summed E-state index contributed by atoms with van der Waals surface area (Å²) < 4.78 is 12.9. The molecule has 0 amide bonds. The van der Waals surface area contributed by atoms with Crippen LogP contribution in [-0.2, 0) is 11.2 Å². The van der Waals surface area contributed by atoms with Crippen LogP contribution in [-0.4, -0.2) is 27.5 Å². The third-order valence-corrected chi connectivity index (χ3v) is 7.68. The number of ketones is 1. The molecule has 2 aromatic carbocycles. The lowest BCUT2D eigenvalue weighted by Crippen LogP contribution is -2.36. The maximum Gasteiger partial charge on any atom is 0.283 e. The number of allylic oxidation sites excluding steroid dienone is 2. The van der Waals surface area contributed by atoms with Crippen molar-refractivity contribution in [2.75, 3.05) is 7.11 Å². The van der Waals surface area contributed by atoms with Crippen molar-refractivity contribution in [2.45, 2.75) is 39.0 Å². The number of hydrogen-bond donors (Lipinski definition) is 0. The van der Waals surface area contributed by atoms with Gasteiger partial charge in [-0.15, -0.1) is 0 Å². The molecular formula is C28H25N3O4S. The maximum absolute atomic E-state index is 13.9. The molecule has 1 atom stereocenters. The normalized spacial score (nSPS) is 18.5. The molecule has 36 heavy (non-hydrogen) atoms. The highest BCUT2D eigenvalue weighted by molar-refractivity contribution is 7.16. The van der Waals surface area contributed by atoms with E-state index in [1.807, 2.05) is 54.6 Å². The van der Waals surface area contributed by atoms with Gasteiger partial charge in [0.1, 0.15) is 16.5 Å². The number of fused-ring (bicyclic) bond motifs is 2. The van der Waals surface area contributed by atoms with E-state index < -0.39 is 5.92 Å². The zero-order valence-corrected chi connectivity index (χ0v) is 21.1. The van der Waals surface area contributed by atoms with Crippen LogP contribution >= 0.6 is 11.3 Å². The van der Waals surface area contributed by atoms with Gasteiger partial charge >= 0.3 is 0 Å². The van der Waals surface area contributed by atoms with Crippen molar-refractivity contribution < 1.29 is 14.3 Å². The molecule has 0 saturated carbocycles. The smallest absolute Gasteiger partial charge is 0.283 e. The molecule has 0 bridgehead atoms. The van der Waals surface area contributed by atoms with E-state index >= 15 is 0 Å². The summed E-state index contributed by atoms with van der Waals surface area (Å²) in [6.45, 7) is 4.11. The molecule has 7 nitrogen and oxygen atoms in total. The number of carbonyl (C=O) groups is 1. The van der Waals surface area contributed by atoms with E-state index in [9.17, 15) is 9.59 Å². The van der Waals surface area contributed by atoms with Gasteiger partial charge in [-0.3, -0.25) is 9.59 Å². The minimum atomic E-state index is -0.575. The maximum atomic E-state index is 13.9. The number of rotatable bonds is 4. The van der Waals surface area contributed by atoms with Gasteiger partial charge in [0.25, 0.3) is 5.56 Å². The van der Waals surface area contributed by atoms with Gasteiger partial charge in [-0.05, 0) is 28.7 Å². The number of Topliss-reactive ketones (excluding diaryl/α,β-unsaturated/α-hetero) is 1. The van der Waals surface area contributed by atoms with Crippen molar-refractivity contribution in [1.82, 2.24) is 14.6 Å². The third-order valence-electron chi connectivity index (χ3n) is 6.78. The van der Waals surface area contributed by atoms with E-state index in [1.54, 1.807) is 7.11 Å². The average Bonchev–Trinajstić information content (AvgIpc) is 3.25. The van der Waals surface area contributed by atoms with E-state index in [0.29, 0.717) is 46.9 Å². The molecule has 6 rings (SSSR count). The average molecular weight is 500 g/mol. The van der Waals surface area contributed by atoms with E-state index in [2.05, 4.69) is 18.9 Å². The largest absolute Gasteiger partial charge is 0.497 e. The predicted octanol–water partition coefficient (Wildman–Crippen LogP) is 4.92. The second-order valence-electron chi connectivity index (χ2n) is 10.1. The van der Waals surface area contributed by atoms with Gasteiger partial charge in [0.05, 0.1) is 18.6 Å². The Labute approximate surface area is 212 Å². The molecule has 1 unspecified atom stereocenters. The highest BCUT2D eigenvalue weighted by Gasteiger charge is 2.44. The summed E-state index contributed by atoms with van der Waals surface area (Å²) in [5.74, 6) is 0.996. The lowest BCUT2D eigenvalue weighted by atomic mass is 9.70. The van der Waals surface area contributed by atoms with Crippen LogP contribution < -0.4 is 15.0 Å². The summed E-state index contributed by atoms with van der Waals surface area (Å²) in [6.07, 6.45) is 1.60. The zero-order chi connectivity index (χ0) is 25.0. The molecule has 1 aliphatic carbocycles. The standard InChI is InChI=1S/C28H25N3O4S/c1-28(2)14-19(32)23-20(15-28)35-25-24(22(23)17-9-11-18(34-3)12-10-17)26(33)31-27(29-25)36-21(30-31)13-16-7-5-4-6-8-16/h4-12,22H,13-15H2,1-3H3. The molecule has 0 saturated heterocycles. The van der Waals surface area contributed by atoms with Crippen molar-refractivity contribution in [2.24, 2.45) is 5.41 Å². The predicted molar refractivity (Wildman–Crippen MR) is 137 cm³/mol. The van der Waals surface area contributed by atoms with Crippen LogP contribution in [0.3, 0.4) is 0 Å². The molecule has 2 aromatic heterocycles. The van der Waals surface area contributed by atoms with Gasteiger partial charge in [0.15, 0.2) is 5.78 Å². The summed E-state index contributed by atoms with van der Waals surface area (Å²) in [5, 5.41) is 5.38. The first-order valence-corrected chi connectivity index (χ1v) is 12.7. The Kier molecular flexibility index (Phi) is 5.30. The first kappa shape index (κ1) is 22.7. The van der Waals surface area contributed by atoms with Crippen LogP contribution in [0.1, 0.15) is 54.3 Å². The first-order valence-electron chi connectivity index (χ1n) is 11.9. The summed E-state index contributed by atoms with van der Waals surface area (Å²) in [4.78, 5) is 32.5. The number of benzene rings is 2. The van der Waals surface area contributed by atoms with Crippen molar-refractivity contribution in [3.05, 3.63) is 98.0 Å². The lowest BCUT2D eigenvalue weighted by Gasteiger charge is -2.37. The fourth-order valence-electron chi connectivity index (χ4n) is 5.13. The fourth-order valence-corrected chi connectivity index (χ4v) is 6.04. The van der Waals surface area contributed by atoms with Gasteiger partial charge in [-0.1, -0.05) is 67.6 Å². The number of ether oxygens (including phenoxy) is 2. The Hall–Kier alpha value is -3.78. The number of hydrogen-bond acceptors (Lipinski definition) is 7. The molecule has 182 valence electrons. The molecule has 2 aliphatic rings. The second kappa shape index (κ2) is 8.41.